The summed E-state index contributed by atoms with van der Waals surface area (Å²) in [5, 5.41) is 10.9. The number of carbonyl (C=O) groups is 1. The quantitative estimate of drug-likeness (QED) is 0.837. The van der Waals surface area contributed by atoms with Crippen molar-refractivity contribution in [2.45, 2.75) is 6.92 Å². The van der Waals surface area contributed by atoms with Gasteiger partial charge in [-0.05, 0) is 33.2 Å². The first-order valence-corrected chi connectivity index (χ1v) is 8.70. The van der Waals surface area contributed by atoms with Gasteiger partial charge in [0.15, 0.2) is 11.5 Å². The fraction of sp³-hybridized carbons (Fsp3) is 0.611. The smallest absolute Gasteiger partial charge is 0.162 e. The number of phenolic OH excluding ortho intramolecular Hbond substituents is 1. The van der Waals surface area contributed by atoms with Crippen molar-refractivity contribution in [2.75, 3.05) is 76.3 Å². The summed E-state index contributed by atoms with van der Waals surface area (Å²) in [7, 11) is 4.22. The monoisotopic (exact) mass is 332 g/mol. The number of phenols is 1. The van der Waals surface area contributed by atoms with Gasteiger partial charge in [0.2, 0.25) is 0 Å². The SMILES string of the molecule is CC(=O)c1cc(N2CCN(C)CC2)c(O)c(N2CCN(C)CC2)c1. The molecule has 6 nitrogen and oxygen atoms in total. The zero-order valence-electron chi connectivity index (χ0n) is 15.0. The molecule has 0 spiro atoms. The molecule has 0 bridgehead atoms. The van der Waals surface area contributed by atoms with Crippen LogP contribution in [0.25, 0.3) is 0 Å². The number of Topliss-reactive ketones (excluding diaryl/α,β-unsaturated/α-hetero) is 1. The van der Waals surface area contributed by atoms with Crippen molar-refractivity contribution in [1.29, 1.82) is 0 Å². The molecule has 132 valence electrons. The molecule has 2 saturated heterocycles. The number of aromatic hydroxyl groups is 1. The second-order valence-electron chi connectivity index (χ2n) is 7.00. The summed E-state index contributed by atoms with van der Waals surface area (Å²) in [6.07, 6.45) is 0. The molecule has 3 rings (SSSR count). The second kappa shape index (κ2) is 6.99. The normalized spacial score (nSPS) is 20.5. The molecule has 1 N–H and O–H groups in total. The number of rotatable bonds is 3. The number of likely N-dealkylation sites (N-methyl/N-ethyl adjacent to an activating group) is 2. The third kappa shape index (κ3) is 3.49. The standard InChI is InChI=1S/C18H28N4O2/c1-14(23)15-12-16(21-8-4-19(2)5-9-21)18(24)17(13-15)22-10-6-20(3)7-11-22/h12-13,24H,4-11H2,1-3H3. The molecule has 0 atom stereocenters. The van der Waals surface area contributed by atoms with E-state index in [1.165, 1.54) is 0 Å². The average Bonchev–Trinajstić information content (AvgIpc) is 2.57. The summed E-state index contributed by atoms with van der Waals surface area (Å²) in [6.45, 7) is 8.93. The molecular weight excluding hydrogens is 304 g/mol. The highest BCUT2D eigenvalue weighted by Crippen LogP contribution is 2.39. The first kappa shape index (κ1) is 17.0. The molecule has 2 heterocycles. The largest absolute Gasteiger partial charge is 0.504 e. The van der Waals surface area contributed by atoms with Gasteiger partial charge in [0, 0.05) is 57.9 Å². The van der Waals surface area contributed by atoms with E-state index in [1.807, 2.05) is 12.1 Å². The van der Waals surface area contributed by atoms with Crippen LogP contribution in [0.1, 0.15) is 17.3 Å². The van der Waals surface area contributed by atoms with Gasteiger partial charge in [0.05, 0.1) is 11.4 Å². The Bertz CT molecular complexity index is 560. The Morgan fingerprint density at radius 3 is 1.54 bits per heavy atom. The van der Waals surface area contributed by atoms with E-state index >= 15 is 0 Å². The van der Waals surface area contributed by atoms with Gasteiger partial charge in [-0.25, -0.2) is 0 Å². The van der Waals surface area contributed by atoms with Crippen LogP contribution in [0, 0.1) is 0 Å². The third-order valence-corrected chi connectivity index (χ3v) is 5.16. The highest BCUT2D eigenvalue weighted by Gasteiger charge is 2.24. The minimum absolute atomic E-state index is 0.0424. The molecule has 0 amide bonds. The topological polar surface area (TPSA) is 50.3 Å². The average molecular weight is 332 g/mol. The maximum atomic E-state index is 12.0. The number of hydrogen-bond donors (Lipinski definition) is 1. The summed E-state index contributed by atoms with van der Waals surface area (Å²) in [6, 6.07) is 3.70. The minimum atomic E-state index is 0.0424. The van der Waals surface area contributed by atoms with E-state index in [-0.39, 0.29) is 5.78 Å². The Morgan fingerprint density at radius 2 is 1.21 bits per heavy atom. The highest BCUT2D eigenvalue weighted by atomic mass is 16.3. The Balaban J connectivity index is 1.94. The molecule has 0 saturated carbocycles. The van der Waals surface area contributed by atoms with Gasteiger partial charge >= 0.3 is 0 Å². The van der Waals surface area contributed by atoms with Gasteiger partial charge in [-0.1, -0.05) is 0 Å². The van der Waals surface area contributed by atoms with Crippen LogP contribution in [0.5, 0.6) is 5.75 Å². The van der Waals surface area contributed by atoms with Crippen LogP contribution in [-0.4, -0.2) is 87.1 Å². The van der Waals surface area contributed by atoms with Crippen LogP contribution in [-0.2, 0) is 0 Å². The van der Waals surface area contributed by atoms with Crippen molar-refractivity contribution in [3.63, 3.8) is 0 Å². The van der Waals surface area contributed by atoms with Crippen LogP contribution in [0.3, 0.4) is 0 Å². The lowest BCUT2D eigenvalue weighted by Crippen LogP contribution is -2.45. The van der Waals surface area contributed by atoms with E-state index in [4.69, 9.17) is 0 Å². The molecule has 2 fully saturated rings. The minimum Gasteiger partial charge on any atom is -0.504 e. The summed E-state index contributed by atoms with van der Waals surface area (Å²) in [4.78, 5) is 21.0. The lowest BCUT2D eigenvalue weighted by molar-refractivity contribution is 0.101. The molecule has 24 heavy (non-hydrogen) atoms. The van der Waals surface area contributed by atoms with E-state index in [9.17, 15) is 9.90 Å². The highest BCUT2D eigenvalue weighted by molar-refractivity contribution is 5.97. The molecule has 6 heteroatoms. The summed E-state index contributed by atoms with van der Waals surface area (Å²) in [5.74, 6) is 0.356. The van der Waals surface area contributed by atoms with Gasteiger partial charge in [-0.15, -0.1) is 0 Å². The molecule has 1 aromatic rings. The Hall–Kier alpha value is -1.79. The van der Waals surface area contributed by atoms with Crippen molar-refractivity contribution >= 4 is 17.2 Å². The first-order chi connectivity index (χ1) is 11.5. The van der Waals surface area contributed by atoms with Gasteiger partial charge in [-0.2, -0.15) is 0 Å². The number of anilines is 2. The first-order valence-electron chi connectivity index (χ1n) is 8.70. The number of ketones is 1. The van der Waals surface area contributed by atoms with Crippen LogP contribution >= 0.6 is 0 Å². The molecule has 0 aliphatic carbocycles. The molecule has 0 aromatic heterocycles. The van der Waals surface area contributed by atoms with E-state index in [0.717, 1.165) is 63.7 Å². The second-order valence-corrected chi connectivity index (χ2v) is 7.00. The molecular formula is C18H28N4O2. The molecule has 1 aromatic carbocycles. The Kier molecular flexibility index (Phi) is 4.96. The predicted molar refractivity (Wildman–Crippen MR) is 97.5 cm³/mol. The number of nitrogens with zero attached hydrogens (tertiary/aromatic N) is 4. The Labute approximate surface area is 144 Å². The van der Waals surface area contributed by atoms with E-state index < -0.39 is 0 Å². The van der Waals surface area contributed by atoms with Gasteiger partial charge < -0.3 is 24.7 Å². The van der Waals surface area contributed by atoms with E-state index in [0.29, 0.717) is 11.3 Å². The van der Waals surface area contributed by atoms with Gasteiger partial charge in [-0.3, -0.25) is 4.79 Å². The number of carbonyl (C=O) groups excluding carboxylic acids is 1. The lowest BCUT2D eigenvalue weighted by Gasteiger charge is -2.37. The van der Waals surface area contributed by atoms with E-state index in [1.54, 1.807) is 6.92 Å². The molecule has 0 unspecified atom stereocenters. The molecule has 2 aliphatic heterocycles. The maximum absolute atomic E-state index is 12.0. The van der Waals surface area contributed by atoms with Crippen molar-refractivity contribution < 1.29 is 9.90 Å². The van der Waals surface area contributed by atoms with Crippen molar-refractivity contribution in [1.82, 2.24) is 9.80 Å². The van der Waals surface area contributed by atoms with Crippen LogP contribution in [0.15, 0.2) is 12.1 Å². The van der Waals surface area contributed by atoms with Crippen LogP contribution < -0.4 is 9.80 Å². The number of piperazine rings is 2. The zero-order chi connectivity index (χ0) is 17.3. The maximum Gasteiger partial charge on any atom is 0.162 e. The fourth-order valence-corrected chi connectivity index (χ4v) is 3.38. The van der Waals surface area contributed by atoms with Crippen molar-refractivity contribution in [2.24, 2.45) is 0 Å². The van der Waals surface area contributed by atoms with Gasteiger partial charge in [0.25, 0.3) is 0 Å². The van der Waals surface area contributed by atoms with Crippen LogP contribution in [0.2, 0.25) is 0 Å². The van der Waals surface area contributed by atoms with Crippen molar-refractivity contribution in [3.8, 4) is 5.75 Å². The summed E-state index contributed by atoms with van der Waals surface area (Å²) in [5.41, 5.74) is 2.27. The fourth-order valence-electron chi connectivity index (χ4n) is 3.38. The predicted octanol–water partition coefficient (Wildman–Crippen LogP) is 1.10. The summed E-state index contributed by atoms with van der Waals surface area (Å²) >= 11 is 0. The third-order valence-electron chi connectivity index (χ3n) is 5.16. The number of hydrogen-bond acceptors (Lipinski definition) is 6. The molecule has 2 aliphatic rings. The van der Waals surface area contributed by atoms with Gasteiger partial charge in [0.1, 0.15) is 0 Å². The Morgan fingerprint density at radius 1 is 0.833 bits per heavy atom. The molecule has 0 radical (unpaired) electrons. The zero-order valence-corrected chi connectivity index (χ0v) is 15.0. The van der Waals surface area contributed by atoms with Crippen LogP contribution in [0.4, 0.5) is 11.4 Å². The lowest BCUT2D eigenvalue weighted by atomic mass is 10.1. The van der Waals surface area contributed by atoms with E-state index in [2.05, 4.69) is 33.7 Å². The summed E-state index contributed by atoms with van der Waals surface area (Å²) < 4.78 is 0. The number of benzene rings is 1. The van der Waals surface area contributed by atoms with Crippen molar-refractivity contribution in [3.05, 3.63) is 17.7 Å².